The summed E-state index contributed by atoms with van der Waals surface area (Å²) in [7, 11) is 0. The first kappa shape index (κ1) is 14.9. The lowest BCUT2D eigenvalue weighted by Crippen LogP contribution is -2.41. The van der Waals surface area contributed by atoms with E-state index in [0.717, 1.165) is 36.8 Å². The van der Waals surface area contributed by atoms with E-state index in [4.69, 9.17) is 5.73 Å². The van der Waals surface area contributed by atoms with Crippen molar-refractivity contribution in [3.05, 3.63) is 29.3 Å². The third kappa shape index (κ3) is 1.81. The number of carbonyl (C=O) groups excluding carboxylic acids is 2. The highest BCUT2D eigenvalue weighted by Crippen LogP contribution is 2.62. The zero-order valence-electron chi connectivity index (χ0n) is 15.4. The summed E-state index contributed by atoms with van der Waals surface area (Å²) in [5.41, 5.74) is 7.85. The predicted molar refractivity (Wildman–Crippen MR) is 99.9 cm³/mol. The van der Waals surface area contributed by atoms with E-state index in [1.807, 2.05) is 15.9 Å². The Morgan fingerprint density at radius 1 is 0.778 bits per heavy atom. The van der Waals surface area contributed by atoms with Crippen molar-refractivity contribution in [3.63, 3.8) is 0 Å². The molecule has 2 heterocycles. The van der Waals surface area contributed by atoms with Crippen LogP contribution in [-0.4, -0.2) is 46.8 Å². The minimum Gasteiger partial charge on any atom is -0.397 e. The largest absolute Gasteiger partial charge is 0.397 e. The normalized spacial score (nSPS) is 44.4. The summed E-state index contributed by atoms with van der Waals surface area (Å²) in [4.78, 5) is 30.5. The average Bonchev–Trinajstić information content (AvgIpc) is 3.51. The van der Waals surface area contributed by atoms with Crippen molar-refractivity contribution in [1.29, 1.82) is 0 Å². The predicted octanol–water partition coefficient (Wildman–Crippen LogP) is 2.23. The Balaban J connectivity index is 1.18. The standard InChI is InChI=1S/C22H25N3O2/c23-20-12(21(26)24-8-10-4-18(24)16-6-14(10)16)2-1-3-13(20)22(27)25-9-11-5-19(25)17-7-15(11)17/h1-3,10-11,14-19H,4-9,23H2/t10-,11-,14-,15-,16-,17-,18-,19-/m0/s1. The molecule has 0 aromatic heterocycles. The molecule has 8 atom stereocenters. The Morgan fingerprint density at radius 3 is 1.67 bits per heavy atom. The number of hydrogen-bond acceptors (Lipinski definition) is 3. The van der Waals surface area contributed by atoms with E-state index < -0.39 is 0 Å². The maximum Gasteiger partial charge on any atom is 0.256 e. The first-order valence-corrected chi connectivity index (χ1v) is 10.6. The number of anilines is 1. The number of nitrogens with zero attached hydrogens (tertiary/aromatic N) is 2. The summed E-state index contributed by atoms with van der Waals surface area (Å²) in [5, 5.41) is 0. The highest BCUT2D eigenvalue weighted by Gasteiger charge is 2.62. The first-order chi connectivity index (χ1) is 13.1. The van der Waals surface area contributed by atoms with Crippen molar-refractivity contribution >= 4 is 17.5 Å². The number of hydrogen-bond donors (Lipinski definition) is 1. The lowest BCUT2D eigenvalue weighted by molar-refractivity contribution is 0.0693. The van der Waals surface area contributed by atoms with Crippen LogP contribution in [0.5, 0.6) is 0 Å². The first-order valence-electron chi connectivity index (χ1n) is 10.6. The van der Waals surface area contributed by atoms with Gasteiger partial charge in [-0.25, -0.2) is 0 Å². The molecule has 6 aliphatic rings. The van der Waals surface area contributed by atoms with Crippen LogP contribution < -0.4 is 5.73 Å². The summed E-state index contributed by atoms with van der Waals surface area (Å²) in [6.45, 7) is 1.75. The number of benzene rings is 1. The van der Waals surface area contributed by atoms with Gasteiger partial charge in [0.1, 0.15) is 0 Å². The van der Waals surface area contributed by atoms with Gasteiger partial charge in [-0.1, -0.05) is 6.07 Å². The SMILES string of the molecule is Nc1c(C(=O)N2C[C@@H]3C[C@H]2[C@H]2C[C@@H]32)cccc1C(=O)N1C[C@@H]2C[C@H]1[C@H]1C[C@@H]21. The smallest absolute Gasteiger partial charge is 0.256 e. The van der Waals surface area contributed by atoms with Crippen LogP contribution in [0.15, 0.2) is 18.2 Å². The second kappa shape index (κ2) is 4.68. The molecule has 27 heavy (non-hydrogen) atoms. The number of piperidine rings is 2. The van der Waals surface area contributed by atoms with Crippen LogP contribution in [0.3, 0.4) is 0 Å². The molecule has 0 radical (unpaired) electrons. The van der Waals surface area contributed by atoms with Gasteiger partial charge in [0, 0.05) is 25.2 Å². The highest BCUT2D eigenvalue weighted by atomic mass is 16.2. The molecule has 4 aliphatic carbocycles. The summed E-state index contributed by atoms with van der Waals surface area (Å²) in [6, 6.07) is 6.26. The maximum atomic E-state index is 13.2. The minimum absolute atomic E-state index is 0.0326. The second-order valence-corrected chi connectivity index (χ2v) is 9.93. The Hall–Kier alpha value is -2.04. The number of nitrogen functional groups attached to an aromatic ring is 1. The summed E-state index contributed by atoms with van der Waals surface area (Å²) < 4.78 is 0. The van der Waals surface area contributed by atoms with Crippen LogP contribution in [0.25, 0.3) is 0 Å². The molecule has 5 heteroatoms. The average molecular weight is 363 g/mol. The van der Waals surface area contributed by atoms with Gasteiger partial charge in [0.15, 0.2) is 0 Å². The number of nitrogens with two attached hydrogens (primary N) is 1. The second-order valence-electron chi connectivity index (χ2n) is 9.93. The molecule has 140 valence electrons. The molecule has 7 rings (SSSR count). The molecule has 2 amide bonds. The number of para-hydroxylation sites is 1. The van der Waals surface area contributed by atoms with Gasteiger partial charge in [-0.3, -0.25) is 9.59 Å². The summed E-state index contributed by atoms with van der Waals surface area (Å²) in [6.07, 6.45) is 4.93. The van der Waals surface area contributed by atoms with Crippen molar-refractivity contribution < 1.29 is 9.59 Å². The number of fused-ring (bicyclic) bond motifs is 10. The molecule has 2 saturated heterocycles. The monoisotopic (exact) mass is 363 g/mol. The zero-order chi connectivity index (χ0) is 18.0. The molecule has 4 saturated carbocycles. The van der Waals surface area contributed by atoms with E-state index >= 15 is 0 Å². The van der Waals surface area contributed by atoms with E-state index in [9.17, 15) is 9.59 Å². The zero-order valence-corrected chi connectivity index (χ0v) is 15.4. The molecule has 2 aliphatic heterocycles. The van der Waals surface area contributed by atoms with E-state index in [1.165, 1.54) is 25.7 Å². The molecule has 6 fully saturated rings. The quantitative estimate of drug-likeness (QED) is 0.820. The van der Waals surface area contributed by atoms with Crippen molar-refractivity contribution in [1.82, 2.24) is 9.80 Å². The highest BCUT2D eigenvalue weighted by molar-refractivity contribution is 6.07. The van der Waals surface area contributed by atoms with Crippen LogP contribution in [0.2, 0.25) is 0 Å². The number of carbonyl (C=O) groups is 2. The summed E-state index contributed by atoms with van der Waals surface area (Å²) in [5.74, 6) is 4.66. The van der Waals surface area contributed by atoms with Crippen molar-refractivity contribution in [2.45, 2.75) is 37.8 Å². The fourth-order valence-electron chi connectivity index (χ4n) is 7.39. The number of likely N-dealkylation sites (tertiary alicyclic amines) is 2. The fourth-order valence-corrected chi connectivity index (χ4v) is 7.39. The Bertz CT molecular complexity index is 829. The fraction of sp³-hybridized carbons (Fsp3) is 0.636. The van der Waals surface area contributed by atoms with Crippen molar-refractivity contribution in [2.75, 3.05) is 18.8 Å². The number of amides is 2. The minimum atomic E-state index is 0.0326. The van der Waals surface area contributed by atoms with Gasteiger partial charge in [-0.2, -0.15) is 0 Å². The van der Waals surface area contributed by atoms with E-state index in [2.05, 4.69) is 0 Å². The molecule has 0 spiro atoms. The van der Waals surface area contributed by atoms with Crippen LogP contribution in [0.1, 0.15) is 46.4 Å². The van der Waals surface area contributed by atoms with E-state index in [0.29, 0.717) is 40.7 Å². The van der Waals surface area contributed by atoms with Crippen LogP contribution in [0, 0.1) is 35.5 Å². The molecule has 1 aromatic rings. The number of rotatable bonds is 2. The van der Waals surface area contributed by atoms with Crippen LogP contribution in [0.4, 0.5) is 5.69 Å². The van der Waals surface area contributed by atoms with E-state index in [-0.39, 0.29) is 11.8 Å². The molecule has 0 unspecified atom stereocenters. The Kier molecular flexibility index (Phi) is 2.59. The van der Waals surface area contributed by atoms with Gasteiger partial charge in [-0.15, -0.1) is 0 Å². The van der Waals surface area contributed by atoms with E-state index in [1.54, 1.807) is 12.1 Å². The third-order valence-electron chi connectivity index (χ3n) is 8.82. The lowest BCUT2D eigenvalue weighted by atomic mass is 10.0. The van der Waals surface area contributed by atoms with Gasteiger partial charge in [0.2, 0.25) is 0 Å². The van der Waals surface area contributed by atoms with Gasteiger partial charge in [0.05, 0.1) is 16.8 Å². The molecule has 5 nitrogen and oxygen atoms in total. The van der Waals surface area contributed by atoms with Crippen LogP contribution >= 0.6 is 0 Å². The Labute approximate surface area is 158 Å². The molecular weight excluding hydrogens is 338 g/mol. The van der Waals surface area contributed by atoms with Crippen LogP contribution in [-0.2, 0) is 0 Å². The van der Waals surface area contributed by atoms with Gasteiger partial charge < -0.3 is 15.5 Å². The molecular formula is C22H25N3O2. The van der Waals surface area contributed by atoms with Crippen molar-refractivity contribution in [3.8, 4) is 0 Å². The molecule has 1 aromatic carbocycles. The van der Waals surface area contributed by atoms with Gasteiger partial charge in [-0.05, 0) is 73.3 Å². The van der Waals surface area contributed by atoms with Gasteiger partial charge >= 0.3 is 0 Å². The topological polar surface area (TPSA) is 66.6 Å². The maximum absolute atomic E-state index is 13.2. The van der Waals surface area contributed by atoms with Gasteiger partial charge in [0.25, 0.3) is 11.8 Å². The third-order valence-corrected chi connectivity index (χ3v) is 8.82. The summed E-state index contributed by atoms with van der Waals surface area (Å²) >= 11 is 0. The lowest BCUT2D eigenvalue weighted by Gasteiger charge is -2.29. The van der Waals surface area contributed by atoms with Crippen molar-refractivity contribution in [2.24, 2.45) is 35.5 Å². The molecule has 4 bridgehead atoms. The molecule has 2 N–H and O–H groups in total. The Morgan fingerprint density at radius 2 is 1.26 bits per heavy atom.